The number of carboxylic acids is 1. The molecule has 2 aromatic carbocycles. The maximum Gasteiger partial charge on any atom is 0.360 e. The number of aromatic hydroxyl groups is 1. The lowest BCUT2D eigenvalue weighted by molar-refractivity contribution is -0.134. The Kier molecular flexibility index (Phi) is 7.83. The predicted octanol–water partition coefficient (Wildman–Crippen LogP) is 5.44. The summed E-state index contributed by atoms with van der Waals surface area (Å²) in [6, 6.07) is 17.0. The van der Waals surface area contributed by atoms with Crippen molar-refractivity contribution in [1.29, 1.82) is 5.26 Å². The summed E-state index contributed by atoms with van der Waals surface area (Å²) < 4.78 is 20.7. The molecule has 2 aromatic heterocycles. The largest absolute Gasteiger partial charge is 0.505 e. The zero-order valence-corrected chi connectivity index (χ0v) is 20.2. The Bertz CT molecular complexity index is 1440. The number of aromatic nitrogens is 2. The van der Waals surface area contributed by atoms with Gasteiger partial charge < -0.3 is 19.5 Å². The third-order valence-electron chi connectivity index (χ3n) is 4.73. The second-order valence-corrected chi connectivity index (χ2v) is 7.87. The fraction of sp³-hybridized carbons (Fsp3) is 0.120. The van der Waals surface area contributed by atoms with Gasteiger partial charge in [0.15, 0.2) is 17.1 Å². The first-order valence-corrected chi connectivity index (χ1v) is 11.1. The topological polar surface area (TPSA) is 125 Å². The highest BCUT2D eigenvalue weighted by atomic mass is 79.9. The maximum atomic E-state index is 13.6. The number of pyridine rings is 1. The molecule has 0 aliphatic heterocycles. The minimum Gasteiger partial charge on any atom is -0.505 e. The summed E-state index contributed by atoms with van der Waals surface area (Å²) in [5.41, 5.74) is 1.80. The number of carbonyl (C=O) groups is 2. The fourth-order valence-corrected chi connectivity index (χ4v) is 4.22. The Morgan fingerprint density at radius 1 is 1.17 bits per heavy atom. The van der Waals surface area contributed by atoms with Gasteiger partial charge in [-0.1, -0.05) is 18.2 Å². The van der Waals surface area contributed by atoms with Crippen molar-refractivity contribution in [2.45, 2.75) is 13.8 Å². The molecule has 35 heavy (non-hydrogen) atoms. The Hall–Kier alpha value is -4.23. The smallest absolute Gasteiger partial charge is 0.360 e. The number of nitrogens with zero attached hydrogens (tertiary/aromatic N) is 3. The summed E-state index contributed by atoms with van der Waals surface area (Å²) in [5.74, 6) is -2.47. The average molecular weight is 540 g/mol. The monoisotopic (exact) mass is 539 g/mol. The Labute approximate surface area is 208 Å². The van der Waals surface area contributed by atoms with Crippen LogP contribution in [0.5, 0.6) is 5.75 Å². The van der Waals surface area contributed by atoms with Crippen molar-refractivity contribution < 1.29 is 28.9 Å². The van der Waals surface area contributed by atoms with Gasteiger partial charge in [-0.3, -0.25) is 4.79 Å². The second kappa shape index (κ2) is 10.8. The first kappa shape index (κ1) is 25.4. The lowest BCUT2D eigenvalue weighted by atomic mass is 10.1. The number of ether oxygens (including phenoxy) is 1. The van der Waals surface area contributed by atoms with Crippen LogP contribution in [0, 0.1) is 17.1 Å². The zero-order valence-electron chi connectivity index (χ0n) is 18.6. The summed E-state index contributed by atoms with van der Waals surface area (Å²) >= 11 is 3.53. The Morgan fingerprint density at radius 3 is 2.31 bits per heavy atom. The van der Waals surface area contributed by atoms with Crippen LogP contribution in [-0.2, 0) is 9.53 Å². The molecule has 0 amide bonds. The summed E-state index contributed by atoms with van der Waals surface area (Å²) in [6.07, 6.45) is 0. The highest BCUT2D eigenvalue weighted by Gasteiger charge is 2.28. The number of esters is 1. The van der Waals surface area contributed by atoms with Crippen molar-refractivity contribution in [3.63, 3.8) is 0 Å². The number of carboxylic acid groups (broad SMARTS) is 1. The highest BCUT2D eigenvalue weighted by Crippen LogP contribution is 2.45. The van der Waals surface area contributed by atoms with Gasteiger partial charge in [-0.15, -0.1) is 0 Å². The predicted molar refractivity (Wildman–Crippen MR) is 130 cm³/mol. The molecule has 178 valence electrons. The molecular formula is C25H19BrFN3O5. The molecule has 0 unspecified atom stereocenters. The Morgan fingerprint density at radius 2 is 1.77 bits per heavy atom. The van der Waals surface area contributed by atoms with Gasteiger partial charge in [0.2, 0.25) is 0 Å². The molecule has 0 atom stereocenters. The van der Waals surface area contributed by atoms with E-state index in [1.54, 1.807) is 23.6 Å². The fourth-order valence-electron chi connectivity index (χ4n) is 3.44. The molecular weight excluding hydrogens is 521 g/mol. The van der Waals surface area contributed by atoms with Crippen molar-refractivity contribution in [3.05, 3.63) is 76.3 Å². The molecule has 0 fully saturated rings. The zero-order chi connectivity index (χ0) is 25.7. The number of para-hydroxylation sites is 1. The number of fused-ring (bicyclic) bond motifs is 1. The molecule has 0 aliphatic rings. The van der Waals surface area contributed by atoms with Crippen LogP contribution in [0.15, 0.2) is 59.1 Å². The molecule has 0 aliphatic carbocycles. The highest BCUT2D eigenvalue weighted by molar-refractivity contribution is 9.10. The molecule has 10 heteroatoms. The first-order chi connectivity index (χ1) is 16.7. The van der Waals surface area contributed by atoms with E-state index < -0.39 is 23.5 Å². The molecule has 0 saturated carbocycles. The SMILES string of the molecule is CC(=O)O.CCOC(=O)c1nc(C#N)c2c(c1O)c(Br)c(-c1ccc(F)cc1)n2-c1ccccc1. The van der Waals surface area contributed by atoms with Crippen LogP contribution >= 0.6 is 15.9 Å². The van der Waals surface area contributed by atoms with Crippen LogP contribution in [0.3, 0.4) is 0 Å². The standard InChI is InChI=1S/C23H15BrFN3O3.C2H4O2/c1-2-31-23(30)19-22(29)17-18(24)20(13-8-10-14(25)11-9-13)28(15-6-4-3-5-7-15)21(17)16(12-26)27-19;1-2(3)4/h3-11,29H,2H2,1H3;1H3,(H,3,4). The van der Waals surface area contributed by atoms with Crippen molar-refractivity contribution in [2.75, 3.05) is 6.61 Å². The molecule has 4 rings (SSSR count). The van der Waals surface area contributed by atoms with Crippen molar-refractivity contribution in [3.8, 4) is 28.8 Å². The molecule has 4 aromatic rings. The van der Waals surface area contributed by atoms with E-state index in [1.807, 2.05) is 36.4 Å². The van der Waals surface area contributed by atoms with E-state index >= 15 is 0 Å². The van der Waals surface area contributed by atoms with Crippen LogP contribution in [-0.4, -0.2) is 38.3 Å². The number of hydrogen-bond donors (Lipinski definition) is 2. The molecule has 0 spiro atoms. The minimum absolute atomic E-state index is 0.0613. The first-order valence-electron chi connectivity index (χ1n) is 10.3. The van der Waals surface area contributed by atoms with E-state index in [9.17, 15) is 19.6 Å². The number of carbonyl (C=O) groups excluding carboxylic acids is 1. The number of hydrogen-bond acceptors (Lipinski definition) is 6. The number of aliphatic carboxylic acids is 1. The van der Waals surface area contributed by atoms with Crippen LogP contribution < -0.4 is 0 Å². The van der Waals surface area contributed by atoms with Gasteiger partial charge in [0.05, 0.1) is 27.7 Å². The summed E-state index contributed by atoms with van der Waals surface area (Å²) in [4.78, 5) is 25.4. The molecule has 2 heterocycles. The average Bonchev–Trinajstić information content (AvgIpc) is 3.14. The number of nitriles is 1. The minimum atomic E-state index is -0.833. The van der Waals surface area contributed by atoms with E-state index in [-0.39, 0.29) is 23.4 Å². The number of rotatable bonds is 4. The van der Waals surface area contributed by atoms with Crippen molar-refractivity contribution >= 4 is 38.8 Å². The number of benzene rings is 2. The van der Waals surface area contributed by atoms with E-state index in [0.29, 0.717) is 26.9 Å². The lowest BCUT2D eigenvalue weighted by Crippen LogP contribution is -2.09. The third-order valence-corrected chi connectivity index (χ3v) is 5.50. The van der Waals surface area contributed by atoms with Gasteiger partial charge in [-0.25, -0.2) is 14.2 Å². The van der Waals surface area contributed by atoms with Gasteiger partial charge in [-0.05, 0) is 64.8 Å². The van der Waals surface area contributed by atoms with Crippen LogP contribution in [0.4, 0.5) is 4.39 Å². The molecule has 8 nitrogen and oxygen atoms in total. The maximum absolute atomic E-state index is 13.6. The quantitative estimate of drug-likeness (QED) is 0.330. The summed E-state index contributed by atoms with van der Waals surface area (Å²) in [7, 11) is 0. The Balaban J connectivity index is 0.000000795. The third kappa shape index (κ3) is 5.15. The molecule has 2 N–H and O–H groups in total. The van der Waals surface area contributed by atoms with Gasteiger partial charge in [-0.2, -0.15) is 5.26 Å². The molecule has 0 saturated heterocycles. The van der Waals surface area contributed by atoms with Gasteiger partial charge in [0.1, 0.15) is 11.9 Å². The van der Waals surface area contributed by atoms with Crippen LogP contribution in [0.1, 0.15) is 30.0 Å². The lowest BCUT2D eigenvalue weighted by Gasteiger charge is -2.12. The van der Waals surface area contributed by atoms with Crippen LogP contribution in [0.25, 0.3) is 27.8 Å². The van der Waals surface area contributed by atoms with E-state index in [1.165, 1.54) is 12.1 Å². The second-order valence-electron chi connectivity index (χ2n) is 7.07. The van der Waals surface area contributed by atoms with Gasteiger partial charge in [0, 0.05) is 12.6 Å². The van der Waals surface area contributed by atoms with E-state index in [0.717, 1.165) is 6.92 Å². The molecule has 0 radical (unpaired) electrons. The number of halogens is 2. The van der Waals surface area contributed by atoms with Crippen molar-refractivity contribution in [1.82, 2.24) is 9.55 Å². The summed E-state index contributed by atoms with van der Waals surface area (Å²) in [5, 5.41) is 28.4. The van der Waals surface area contributed by atoms with Gasteiger partial charge in [0.25, 0.3) is 5.97 Å². The van der Waals surface area contributed by atoms with E-state index in [2.05, 4.69) is 20.9 Å². The molecule has 0 bridgehead atoms. The van der Waals surface area contributed by atoms with Crippen LogP contribution in [0.2, 0.25) is 0 Å². The van der Waals surface area contributed by atoms with Gasteiger partial charge >= 0.3 is 5.97 Å². The van der Waals surface area contributed by atoms with E-state index in [4.69, 9.17) is 14.6 Å². The van der Waals surface area contributed by atoms with Crippen molar-refractivity contribution in [2.24, 2.45) is 0 Å². The normalized spacial score (nSPS) is 10.3. The summed E-state index contributed by atoms with van der Waals surface area (Å²) in [6.45, 7) is 2.81.